The molecule has 1 aliphatic rings. The van der Waals surface area contributed by atoms with Crippen molar-refractivity contribution in [3.63, 3.8) is 0 Å². The number of alkyl halides is 1. The molecule has 1 aromatic carbocycles. The van der Waals surface area contributed by atoms with Gasteiger partial charge in [-0.2, -0.15) is 0 Å². The Morgan fingerprint density at radius 2 is 2.23 bits per heavy atom. The smallest absolute Gasteiger partial charge is 0.262 e. The van der Waals surface area contributed by atoms with Crippen molar-refractivity contribution >= 4 is 17.5 Å². The molecular formula is C18H17ClF2N2O3. The number of nitrogens with zero attached hydrogens (tertiary/aromatic N) is 1. The average molecular weight is 383 g/mol. The second-order valence-corrected chi connectivity index (χ2v) is 6.57. The first-order valence-corrected chi connectivity index (χ1v) is 8.43. The second-order valence-electron chi connectivity index (χ2n) is 6.16. The summed E-state index contributed by atoms with van der Waals surface area (Å²) in [5.41, 5.74) is -1.63. The second kappa shape index (κ2) is 7.26. The largest absolute Gasteiger partial charge is 0.392 e. The van der Waals surface area contributed by atoms with Crippen LogP contribution in [0.1, 0.15) is 41.3 Å². The van der Waals surface area contributed by atoms with Crippen LogP contribution < -0.4 is 5.32 Å². The van der Waals surface area contributed by atoms with Crippen LogP contribution in [-0.2, 0) is 23.6 Å². The lowest BCUT2D eigenvalue weighted by Crippen LogP contribution is -2.44. The molecule has 2 unspecified atom stereocenters. The summed E-state index contributed by atoms with van der Waals surface area (Å²) in [4.78, 5) is 16.5. The normalized spacial score (nSPS) is 22.0. The molecule has 0 radical (unpaired) electrons. The SMILES string of the molecule is O=C(NCc1c(Cl)cc(F)cc1CO)C1(F)CCC(O)c2ncccc21. The zero-order valence-corrected chi connectivity index (χ0v) is 14.4. The Labute approximate surface area is 153 Å². The van der Waals surface area contributed by atoms with Gasteiger partial charge in [-0.25, -0.2) is 8.78 Å². The number of hydrogen-bond donors (Lipinski definition) is 3. The van der Waals surface area contributed by atoms with Gasteiger partial charge < -0.3 is 15.5 Å². The number of carbonyl (C=O) groups is 1. The van der Waals surface area contributed by atoms with Crippen LogP contribution in [0, 0.1) is 5.82 Å². The molecule has 0 fully saturated rings. The number of fused-ring (bicyclic) bond motifs is 1. The highest BCUT2D eigenvalue weighted by molar-refractivity contribution is 6.31. The van der Waals surface area contributed by atoms with E-state index in [0.29, 0.717) is 5.56 Å². The number of aliphatic hydroxyl groups is 2. The number of carbonyl (C=O) groups excluding carboxylic acids is 1. The fraction of sp³-hybridized carbons (Fsp3) is 0.333. The summed E-state index contributed by atoms with van der Waals surface area (Å²) >= 11 is 5.98. The van der Waals surface area contributed by atoms with Crippen molar-refractivity contribution in [1.29, 1.82) is 0 Å². The van der Waals surface area contributed by atoms with E-state index >= 15 is 4.39 Å². The van der Waals surface area contributed by atoms with Crippen LogP contribution in [0.25, 0.3) is 0 Å². The van der Waals surface area contributed by atoms with Crippen molar-refractivity contribution in [1.82, 2.24) is 10.3 Å². The van der Waals surface area contributed by atoms with Crippen molar-refractivity contribution in [3.8, 4) is 0 Å². The maximum absolute atomic E-state index is 15.5. The molecule has 0 saturated heterocycles. The van der Waals surface area contributed by atoms with Gasteiger partial charge >= 0.3 is 0 Å². The summed E-state index contributed by atoms with van der Waals surface area (Å²) in [5.74, 6) is -1.51. The topological polar surface area (TPSA) is 82.5 Å². The van der Waals surface area contributed by atoms with E-state index < -0.39 is 30.1 Å². The Morgan fingerprint density at radius 1 is 1.46 bits per heavy atom. The van der Waals surface area contributed by atoms with Crippen molar-refractivity contribution in [2.24, 2.45) is 0 Å². The molecule has 1 heterocycles. The van der Waals surface area contributed by atoms with Crippen LogP contribution in [0.5, 0.6) is 0 Å². The zero-order chi connectivity index (χ0) is 18.9. The van der Waals surface area contributed by atoms with Crippen molar-refractivity contribution in [3.05, 3.63) is 63.7 Å². The molecule has 2 atom stereocenters. The predicted octanol–water partition coefficient (Wildman–Crippen LogP) is 2.67. The van der Waals surface area contributed by atoms with Gasteiger partial charge in [0, 0.05) is 23.3 Å². The highest BCUT2D eigenvalue weighted by Gasteiger charge is 2.46. The predicted molar refractivity (Wildman–Crippen MR) is 90.4 cm³/mol. The van der Waals surface area contributed by atoms with E-state index in [9.17, 15) is 19.4 Å². The van der Waals surface area contributed by atoms with Gasteiger partial charge in [0.05, 0.1) is 18.4 Å². The molecule has 0 bridgehead atoms. The molecule has 26 heavy (non-hydrogen) atoms. The minimum atomic E-state index is -2.34. The molecule has 1 aliphatic carbocycles. The first-order valence-electron chi connectivity index (χ1n) is 8.05. The average Bonchev–Trinajstić information content (AvgIpc) is 2.63. The number of aromatic nitrogens is 1. The molecule has 1 amide bonds. The summed E-state index contributed by atoms with van der Waals surface area (Å²) in [7, 11) is 0. The van der Waals surface area contributed by atoms with E-state index in [-0.39, 0.29) is 41.2 Å². The van der Waals surface area contributed by atoms with Gasteiger partial charge in [-0.05, 0) is 42.2 Å². The molecule has 138 valence electrons. The molecule has 8 heteroatoms. The highest BCUT2D eigenvalue weighted by atomic mass is 35.5. The van der Waals surface area contributed by atoms with Crippen molar-refractivity contribution in [2.75, 3.05) is 0 Å². The van der Waals surface area contributed by atoms with Gasteiger partial charge in [-0.1, -0.05) is 17.7 Å². The number of rotatable bonds is 4. The van der Waals surface area contributed by atoms with E-state index in [2.05, 4.69) is 10.3 Å². The van der Waals surface area contributed by atoms with Gasteiger partial charge in [0.25, 0.3) is 5.91 Å². The third kappa shape index (κ3) is 3.30. The van der Waals surface area contributed by atoms with E-state index in [1.807, 2.05) is 0 Å². The molecule has 5 nitrogen and oxygen atoms in total. The standard InChI is InChI=1S/C18H17ClF2N2O3/c19-14-7-11(20)6-10(9-24)12(14)8-23-17(26)18(21)4-3-15(25)16-13(18)2-1-5-22-16/h1-2,5-7,15,24-25H,3-4,8-9H2,(H,23,26). The lowest BCUT2D eigenvalue weighted by atomic mass is 9.81. The summed E-state index contributed by atoms with van der Waals surface area (Å²) in [5, 5.41) is 21.8. The Kier molecular flexibility index (Phi) is 5.22. The number of aliphatic hydroxyl groups excluding tert-OH is 2. The lowest BCUT2D eigenvalue weighted by Gasteiger charge is -2.32. The number of benzene rings is 1. The number of hydrogen-bond acceptors (Lipinski definition) is 4. The van der Waals surface area contributed by atoms with Crippen LogP contribution in [0.2, 0.25) is 5.02 Å². The Bertz CT molecular complexity index is 849. The maximum Gasteiger partial charge on any atom is 0.262 e. The Balaban J connectivity index is 1.85. The first-order chi connectivity index (χ1) is 12.4. The fourth-order valence-electron chi connectivity index (χ4n) is 3.17. The zero-order valence-electron chi connectivity index (χ0n) is 13.7. The monoisotopic (exact) mass is 382 g/mol. The van der Waals surface area contributed by atoms with Gasteiger partial charge in [0.15, 0.2) is 0 Å². The van der Waals surface area contributed by atoms with Crippen LogP contribution in [0.15, 0.2) is 30.5 Å². The molecule has 0 aliphatic heterocycles. The molecule has 0 saturated carbocycles. The molecule has 3 N–H and O–H groups in total. The van der Waals surface area contributed by atoms with E-state index in [0.717, 1.165) is 12.1 Å². The molecule has 1 aromatic heterocycles. The molecular weight excluding hydrogens is 366 g/mol. The van der Waals surface area contributed by atoms with Crippen LogP contribution in [0.3, 0.4) is 0 Å². The van der Waals surface area contributed by atoms with E-state index in [1.165, 1.54) is 18.3 Å². The molecule has 3 rings (SSSR count). The first kappa shape index (κ1) is 18.7. The summed E-state index contributed by atoms with van der Waals surface area (Å²) < 4.78 is 28.9. The number of amides is 1. The highest BCUT2D eigenvalue weighted by Crippen LogP contribution is 2.42. The van der Waals surface area contributed by atoms with E-state index in [1.54, 1.807) is 0 Å². The lowest BCUT2D eigenvalue weighted by molar-refractivity contribution is -0.135. The van der Waals surface area contributed by atoms with E-state index in [4.69, 9.17) is 11.6 Å². The number of nitrogens with one attached hydrogen (secondary N) is 1. The van der Waals surface area contributed by atoms with Gasteiger partial charge in [0.1, 0.15) is 5.82 Å². The van der Waals surface area contributed by atoms with Crippen molar-refractivity contribution < 1.29 is 23.8 Å². The third-order valence-corrected chi connectivity index (χ3v) is 4.89. The maximum atomic E-state index is 15.5. The Hall–Kier alpha value is -2.09. The van der Waals surface area contributed by atoms with Gasteiger partial charge in [-0.15, -0.1) is 0 Å². The van der Waals surface area contributed by atoms with Gasteiger partial charge in [0.2, 0.25) is 5.67 Å². The quantitative estimate of drug-likeness (QED) is 0.759. The van der Waals surface area contributed by atoms with Gasteiger partial charge in [-0.3, -0.25) is 9.78 Å². The van der Waals surface area contributed by atoms with Crippen LogP contribution in [0.4, 0.5) is 8.78 Å². The molecule has 0 spiro atoms. The fourth-order valence-corrected chi connectivity index (χ4v) is 3.46. The Morgan fingerprint density at radius 3 is 2.96 bits per heavy atom. The molecule has 2 aromatic rings. The van der Waals surface area contributed by atoms with Crippen molar-refractivity contribution in [2.45, 2.75) is 37.8 Å². The van der Waals surface area contributed by atoms with Crippen LogP contribution in [-0.4, -0.2) is 21.1 Å². The summed E-state index contributed by atoms with van der Waals surface area (Å²) in [6.07, 6.45) is 0.378. The minimum absolute atomic E-state index is 0.0309. The van der Waals surface area contributed by atoms with Crippen LogP contribution >= 0.6 is 11.6 Å². The minimum Gasteiger partial charge on any atom is -0.392 e. The third-order valence-electron chi connectivity index (χ3n) is 4.55. The number of halogens is 3. The number of pyridine rings is 1. The summed E-state index contributed by atoms with van der Waals surface area (Å²) in [6, 6.07) is 5.09. The summed E-state index contributed by atoms with van der Waals surface area (Å²) in [6.45, 7) is -0.639.